The van der Waals surface area contributed by atoms with Gasteiger partial charge in [0.1, 0.15) is 11.3 Å². The van der Waals surface area contributed by atoms with E-state index < -0.39 is 0 Å². The Morgan fingerprint density at radius 1 is 1.32 bits per heavy atom. The predicted octanol–water partition coefficient (Wildman–Crippen LogP) is 2.43. The number of nitrogens with zero attached hydrogens (tertiary/aromatic N) is 3. The van der Waals surface area contributed by atoms with E-state index in [0.29, 0.717) is 22.6 Å². The van der Waals surface area contributed by atoms with Crippen molar-refractivity contribution < 1.29 is 5.11 Å². The topological polar surface area (TPSA) is 86.7 Å². The van der Waals surface area contributed by atoms with Crippen LogP contribution in [0.25, 0.3) is 11.2 Å². The molecular formula is C12H10BrN5O. The van der Waals surface area contributed by atoms with Crippen molar-refractivity contribution in [1.29, 1.82) is 0 Å². The first-order valence-electron chi connectivity index (χ1n) is 5.60. The van der Waals surface area contributed by atoms with Crippen LogP contribution in [0.2, 0.25) is 0 Å². The van der Waals surface area contributed by atoms with Crippen LogP contribution in [0.5, 0.6) is 5.75 Å². The molecule has 0 aliphatic carbocycles. The monoisotopic (exact) mass is 319 g/mol. The molecule has 0 radical (unpaired) electrons. The standard InChI is InChI=1S/C12H10BrN5O/c13-8-3-1-2-7(10(8)19)4-14-12-15-5-9-11(18-12)17-6-16-9/h1-3,5-6,19H,4H2,(H2,14,15,16,17,18). The van der Waals surface area contributed by atoms with Gasteiger partial charge in [-0.2, -0.15) is 4.98 Å². The average Bonchev–Trinajstić information content (AvgIpc) is 2.88. The van der Waals surface area contributed by atoms with Crippen LogP contribution in [0.4, 0.5) is 5.95 Å². The largest absolute Gasteiger partial charge is 0.506 e. The van der Waals surface area contributed by atoms with Crippen LogP contribution in [-0.2, 0) is 6.54 Å². The molecule has 0 fully saturated rings. The van der Waals surface area contributed by atoms with Crippen molar-refractivity contribution in [2.75, 3.05) is 5.32 Å². The second-order valence-electron chi connectivity index (χ2n) is 3.93. The third kappa shape index (κ3) is 2.37. The Hall–Kier alpha value is -2.15. The first-order chi connectivity index (χ1) is 9.24. The first-order valence-corrected chi connectivity index (χ1v) is 6.39. The molecule has 0 amide bonds. The van der Waals surface area contributed by atoms with E-state index in [1.807, 2.05) is 12.1 Å². The Bertz CT molecular complexity index is 727. The van der Waals surface area contributed by atoms with E-state index >= 15 is 0 Å². The molecular weight excluding hydrogens is 310 g/mol. The van der Waals surface area contributed by atoms with Crippen LogP contribution in [-0.4, -0.2) is 25.0 Å². The van der Waals surface area contributed by atoms with Gasteiger partial charge in [-0.05, 0) is 22.0 Å². The summed E-state index contributed by atoms with van der Waals surface area (Å²) in [6, 6.07) is 5.48. The van der Waals surface area contributed by atoms with E-state index in [2.05, 4.69) is 41.2 Å². The van der Waals surface area contributed by atoms with Gasteiger partial charge in [0.25, 0.3) is 0 Å². The van der Waals surface area contributed by atoms with E-state index in [9.17, 15) is 5.11 Å². The number of phenols is 1. The lowest BCUT2D eigenvalue weighted by Crippen LogP contribution is -2.03. The van der Waals surface area contributed by atoms with Gasteiger partial charge >= 0.3 is 0 Å². The molecule has 3 N–H and O–H groups in total. The molecule has 0 bridgehead atoms. The molecule has 0 spiro atoms. The molecule has 0 atom stereocenters. The number of hydrogen-bond acceptors (Lipinski definition) is 5. The van der Waals surface area contributed by atoms with E-state index in [-0.39, 0.29) is 5.75 Å². The van der Waals surface area contributed by atoms with E-state index in [4.69, 9.17) is 0 Å². The first kappa shape index (κ1) is 11.9. The number of aromatic nitrogens is 4. The summed E-state index contributed by atoms with van der Waals surface area (Å²) in [7, 11) is 0. The van der Waals surface area contributed by atoms with Crippen LogP contribution in [0.15, 0.2) is 35.2 Å². The van der Waals surface area contributed by atoms with Gasteiger partial charge in [-0.1, -0.05) is 12.1 Å². The number of benzene rings is 1. The third-order valence-electron chi connectivity index (χ3n) is 2.68. The Morgan fingerprint density at radius 2 is 2.21 bits per heavy atom. The summed E-state index contributed by atoms with van der Waals surface area (Å²) >= 11 is 3.28. The average molecular weight is 320 g/mol. The minimum atomic E-state index is 0.218. The number of H-pyrrole nitrogens is 1. The van der Waals surface area contributed by atoms with Gasteiger partial charge in [-0.15, -0.1) is 0 Å². The van der Waals surface area contributed by atoms with Gasteiger partial charge in [0.05, 0.1) is 17.0 Å². The number of imidazole rings is 1. The second-order valence-corrected chi connectivity index (χ2v) is 4.79. The lowest BCUT2D eigenvalue weighted by Gasteiger charge is -2.07. The number of aromatic hydroxyl groups is 1. The molecule has 0 saturated heterocycles. The minimum Gasteiger partial charge on any atom is -0.506 e. The van der Waals surface area contributed by atoms with Crippen molar-refractivity contribution in [3.63, 3.8) is 0 Å². The number of halogens is 1. The van der Waals surface area contributed by atoms with Gasteiger partial charge in [-0.25, -0.2) is 9.97 Å². The van der Waals surface area contributed by atoms with Gasteiger partial charge in [0.15, 0.2) is 5.65 Å². The molecule has 0 aliphatic heterocycles. The number of phenolic OH excluding ortho intramolecular Hbond substituents is 1. The predicted molar refractivity (Wildman–Crippen MR) is 74.8 cm³/mol. The zero-order valence-electron chi connectivity index (χ0n) is 9.76. The maximum Gasteiger partial charge on any atom is 0.225 e. The summed E-state index contributed by atoms with van der Waals surface area (Å²) in [5.74, 6) is 0.690. The van der Waals surface area contributed by atoms with Crippen LogP contribution in [0.3, 0.4) is 0 Å². The molecule has 0 saturated carbocycles. The highest BCUT2D eigenvalue weighted by Crippen LogP contribution is 2.27. The van der Waals surface area contributed by atoms with E-state index in [1.165, 1.54) is 0 Å². The molecule has 3 aromatic rings. The lowest BCUT2D eigenvalue weighted by atomic mass is 10.2. The van der Waals surface area contributed by atoms with Gasteiger partial charge in [-0.3, -0.25) is 0 Å². The summed E-state index contributed by atoms with van der Waals surface area (Å²) in [5.41, 5.74) is 2.16. The highest BCUT2D eigenvalue weighted by atomic mass is 79.9. The zero-order chi connectivity index (χ0) is 13.2. The smallest absolute Gasteiger partial charge is 0.225 e. The normalized spacial score (nSPS) is 10.8. The minimum absolute atomic E-state index is 0.218. The Kier molecular flexibility index (Phi) is 3.04. The molecule has 3 rings (SSSR count). The summed E-state index contributed by atoms with van der Waals surface area (Å²) in [6.07, 6.45) is 3.24. The van der Waals surface area contributed by atoms with Crippen LogP contribution in [0.1, 0.15) is 5.56 Å². The highest BCUT2D eigenvalue weighted by Gasteiger charge is 2.06. The molecule has 2 heterocycles. The summed E-state index contributed by atoms with van der Waals surface area (Å²) in [4.78, 5) is 15.4. The van der Waals surface area contributed by atoms with Crippen LogP contribution >= 0.6 is 15.9 Å². The molecule has 19 heavy (non-hydrogen) atoms. The SMILES string of the molecule is Oc1c(Br)cccc1CNc1ncc2[nH]cnc2n1. The van der Waals surface area contributed by atoms with Crippen molar-refractivity contribution in [3.05, 3.63) is 40.8 Å². The number of fused-ring (bicyclic) bond motifs is 1. The van der Waals surface area contributed by atoms with Crippen molar-refractivity contribution in [2.45, 2.75) is 6.54 Å². The maximum atomic E-state index is 9.87. The molecule has 0 unspecified atom stereocenters. The van der Waals surface area contributed by atoms with Crippen molar-refractivity contribution in [2.24, 2.45) is 0 Å². The van der Waals surface area contributed by atoms with Crippen molar-refractivity contribution in [3.8, 4) is 5.75 Å². The number of anilines is 1. The fourth-order valence-electron chi connectivity index (χ4n) is 1.70. The van der Waals surface area contributed by atoms with Crippen molar-refractivity contribution in [1.82, 2.24) is 19.9 Å². The van der Waals surface area contributed by atoms with Gasteiger partial charge in [0, 0.05) is 12.1 Å². The summed E-state index contributed by atoms with van der Waals surface area (Å²) < 4.78 is 0.662. The fraction of sp³-hybridized carbons (Fsp3) is 0.0833. The Labute approximate surface area is 117 Å². The van der Waals surface area contributed by atoms with Crippen LogP contribution < -0.4 is 5.32 Å². The second kappa shape index (κ2) is 4.85. The molecule has 0 aliphatic rings. The zero-order valence-corrected chi connectivity index (χ0v) is 11.3. The molecule has 96 valence electrons. The van der Waals surface area contributed by atoms with Crippen molar-refractivity contribution >= 4 is 33.0 Å². The van der Waals surface area contributed by atoms with Crippen LogP contribution in [0, 0.1) is 0 Å². The van der Waals surface area contributed by atoms with E-state index in [0.717, 1.165) is 11.1 Å². The number of nitrogens with one attached hydrogen (secondary N) is 2. The Morgan fingerprint density at radius 3 is 3.11 bits per heavy atom. The number of rotatable bonds is 3. The number of hydrogen-bond donors (Lipinski definition) is 3. The summed E-state index contributed by atoms with van der Waals surface area (Å²) in [5, 5.41) is 12.9. The summed E-state index contributed by atoms with van der Waals surface area (Å²) in [6.45, 7) is 0.432. The lowest BCUT2D eigenvalue weighted by molar-refractivity contribution is 0.465. The molecule has 7 heteroatoms. The fourth-order valence-corrected chi connectivity index (χ4v) is 2.11. The number of aromatic amines is 1. The Balaban J connectivity index is 1.80. The molecule has 1 aromatic carbocycles. The van der Waals surface area contributed by atoms with Gasteiger partial charge in [0.2, 0.25) is 5.95 Å². The van der Waals surface area contributed by atoms with E-state index in [1.54, 1.807) is 18.6 Å². The quantitative estimate of drug-likeness (QED) is 0.690. The molecule has 2 aromatic heterocycles. The number of para-hydroxylation sites is 1. The van der Waals surface area contributed by atoms with Gasteiger partial charge < -0.3 is 15.4 Å². The maximum absolute atomic E-state index is 9.87. The highest BCUT2D eigenvalue weighted by molar-refractivity contribution is 9.10. The third-order valence-corrected chi connectivity index (χ3v) is 3.32. The molecule has 6 nitrogen and oxygen atoms in total.